The largest absolute Gasteiger partial charge is 0.314 e. The second kappa shape index (κ2) is 5.13. The number of hydrogen-bond donors (Lipinski definition) is 1. The van der Waals surface area contributed by atoms with E-state index in [9.17, 15) is 8.78 Å². The third-order valence-corrected chi connectivity index (χ3v) is 3.64. The number of halogens is 2. The van der Waals surface area contributed by atoms with Crippen LogP contribution < -0.4 is 5.32 Å². The Labute approximate surface area is 101 Å². The van der Waals surface area contributed by atoms with Crippen molar-refractivity contribution in [3.63, 3.8) is 0 Å². The average Bonchev–Trinajstić information content (AvgIpc) is 2.99. The molecular weight excluding hydrogens is 220 g/mol. The van der Waals surface area contributed by atoms with Gasteiger partial charge in [-0.3, -0.25) is 0 Å². The number of hydrogen-bond acceptors (Lipinski definition) is 1. The van der Waals surface area contributed by atoms with Crippen molar-refractivity contribution >= 4 is 0 Å². The van der Waals surface area contributed by atoms with E-state index in [0.29, 0.717) is 18.3 Å². The van der Waals surface area contributed by atoms with E-state index in [4.69, 9.17) is 0 Å². The van der Waals surface area contributed by atoms with Crippen molar-refractivity contribution in [3.05, 3.63) is 35.4 Å². The van der Waals surface area contributed by atoms with E-state index in [-0.39, 0.29) is 11.6 Å². The van der Waals surface area contributed by atoms with Gasteiger partial charge in [0.15, 0.2) is 0 Å². The maximum Gasteiger partial charge on any atom is 0.129 e. The van der Waals surface area contributed by atoms with Gasteiger partial charge >= 0.3 is 0 Å². The molecule has 17 heavy (non-hydrogen) atoms. The van der Waals surface area contributed by atoms with Crippen molar-refractivity contribution in [1.82, 2.24) is 5.32 Å². The number of benzene rings is 1. The Kier molecular flexibility index (Phi) is 3.77. The molecule has 0 radical (unpaired) electrons. The number of likely N-dealkylation sites (N-methyl/N-ethyl adjacent to an activating group) is 1. The summed E-state index contributed by atoms with van der Waals surface area (Å²) in [5.74, 6) is 0.380. The molecule has 1 saturated carbocycles. The van der Waals surface area contributed by atoms with E-state index < -0.39 is 11.6 Å². The van der Waals surface area contributed by atoms with Gasteiger partial charge in [0.1, 0.15) is 11.6 Å². The highest BCUT2D eigenvalue weighted by Crippen LogP contribution is 2.41. The van der Waals surface area contributed by atoms with Crippen molar-refractivity contribution in [3.8, 4) is 0 Å². The van der Waals surface area contributed by atoms with Crippen LogP contribution in [0.1, 0.15) is 25.8 Å². The zero-order valence-electron chi connectivity index (χ0n) is 10.3. The Morgan fingerprint density at radius 2 is 1.94 bits per heavy atom. The first-order valence-electron chi connectivity index (χ1n) is 6.29. The van der Waals surface area contributed by atoms with Crippen LogP contribution in [0.4, 0.5) is 8.78 Å². The maximum absolute atomic E-state index is 13.6. The molecule has 0 spiro atoms. The van der Waals surface area contributed by atoms with Crippen LogP contribution in [0.5, 0.6) is 0 Å². The van der Waals surface area contributed by atoms with Gasteiger partial charge in [0.2, 0.25) is 0 Å². The fourth-order valence-electron chi connectivity index (χ4n) is 2.50. The summed E-state index contributed by atoms with van der Waals surface area (Å²) >= 11 is 0. The quantitative estimate of drug-likeness (QED) is 0.832. The molecule has 1 fully saturated rings. The molecule has 0 aromatic heterocycles. The fourth-order valence-corrected chi connectivity index (χ4v) is 2.50. The van der Waals surface area contributed by atoms with Crippen molar-refractivity contribution in [1.29, 1.82) is 0 Å². The molecule has 1 N–H and O–H groups in total. The molecule has 0 saturated heterocycles. The van der Waals surface area contributed by atoms with Crippen molar-refractivity contribution in [2.24, 2.45) is 11.8 Å². The van der Waals surface area contributed by atoms with E-state index in [1.165, 1.54) is 18.2 Å². The van der Waals surface area contributed by atoms with Crippen molar-refractivity contribution in [2.45, 2.75) is 32.7 Å². The molecule has 94 valence electrons. The second-order valence-electron chi connectivity index (χ2n) is 4.95. The van der Waals surface area contributed by atoms with Gasteiger partial charge in [-0.05, 0) is 43.4 Å². The Bertz CT molecular complexity index is 372. The van der Waals surface area contributed by atoms with Crippen molar-refractivity contribution in [2.75, 3.05) is 6.54 Å². The van der Waals surface area contributed by atoms with Gasteiger partial charge in [-0.2, -0.15) is 0 Å². The van der Waals surface area contributed by atoms with Crippen molar-refractivity contribution < 1.29 is 8.78 Å². The summed E-state index contributed by atoms with van der Waals surface area (Å²) in [7, 11) is 0. The summed E-state index contributed by atoms with van der Waals surface area (Å²) in [6.45, 7) is 5.05. The number of rotatable bonds is 5. The van der Waals surface area contributed by atoms with Gasteiger partial charge in [0.05, 0.1) is 0 Å². The molecule has 1 nitrogen and oxygen atoms in total. The minimum atomic E-state index is -0.429. The van der Waals surface area contributed by atoms with Crippen LogP contribution in [0.25, 0.3) is 0 Å². The molecule has 0 amide bonds. The molecule has 0 aliphatic heterocycles. The van der Waals surface area contributed by atoms with Gasteiger partial charge in [-0.1, -0.05) is 19.9 Å². The average molecular weight is 239 g/mol. The zero-order valence-corrected chi connectivity index (χ0v) is 10.3. The minimum absolute atomic E-state index is 0.196. The van der Waals surface area contributed by atoms with Gasteiger partial charge in [0, 0.05) is 11.6 Å². The van der Waals surface area contributed by atoms with E-state index in [0.717, 1.165) is 13.0 Å². The molecule has 1 aromatic rings. The third-order valence-electron chi connectivity index (χ3n) is 3.64. The van der Waals surface area contributed by atoms with Crippen LogP contribution in [0.3, 0.4) is 0 Å². The highest BCUT2D eigenvalue weighted by atomic mass is 19.1. The molecule has 1 aliphatic carbocycles. The maximum atomic E-state index is 13.6. The van der Waals surface area contributed by atoms with Crippen LogP contribution in [0.15, 0.2) is 18.2 Å². The van der Waals surface area contributed by atoms with Gasteiger partial charge < -0.3 is 5.32 Å². The highest BCUT2D eigenvalue weighted by molar-refractivity contribution is 5.21. The molecular formula is C14H19F2N. The lowest BCUT2D eigenvalue weighted by Gasteiger charge is -2.18. The number of nitrogens with one attached hydrogen (secondary N) is 1. The first kappa shape index (κ1) is 12.5. The summed E-state index contributed by atoms with van der Waals surface area (Å²) in [5.41, 5.74) is 0.220. The zero-order chi connectivity index (χ0) is 12.4. The van der Waals surface area contributed by atoms with Crippen LogP contribution >= 0.6 is 0 Å². The summed E-state index contributed by atoms with van der Waals surface area (Å²) in [5, 5.41) is 3.34. The second-order valence-corrected chi connectivity index (χ2v) is 4.95. The Morgan fingerprint density at radius 1 is 1.35 bits per heavy atom. The smallest absolute Gasteiger partial charge is 0.129 e. The molecule has 0 heterocycles. The van der Waals surface area contributed by atoms with Gasteiger partial charge in [0.25, 0.3) is 0 Å². The topological polar surface area (TPSA) is 12.0 Å². The first-order valence-corrected chi connectivity index (χ1v) is 6.29. The van der Waals surface area contributed by atoms with Crippen LogP contribution in [0, 0.1) is 23.5 Å². The normalized spacial score (nSPS) is 24.7. The first-order chi connectivity index (χ1) is 8.13. The molecule has 0 bridgehead atoms. The standard InChI is InChI=1S/C14H19F2N/c1-3-17-14(10-7-9(10)2)8-11-12(15)5-4-6-13(11)16/h4-6,9-10,14,17H,3,7-8H2,1-2H3. The summed E-state index contributed by atoms with van der Waals surface area (Å²) in [4.78, 5) is 0. The highest BCUT2D eigenvalue weighted by Gasteiger charge is 2.39. The van der Waals surface area contributed by atoms with Gasteiger partial charge in [-0.15, -0.1) is 0 Å². The molecule has 3 unspecified atom stereocenters. The minimum Gasteiger partial charge on any atom is -0.314 e. The molecule has 2 rings (SSSR count). The van der Waals surface area contributed by atoms with Crippen LogP contribution in [0.2, 0.25) is 0 Å². The third kappa shape index (κ3) is 2.83. The monoisotopic (exact) mass is 239 g/mol. The fraction of sp³-hybridized carbons (Fsp3) is 0.571. The molecule has 1 aromatic carbocycles. The molecule has 1 aliphatic rings. The van der Waals surface area contributed by atoms with E-state index >= 15 is 0 Å². The predicted octanol–water partition coefficient (Wildman–Crippen LogP) is 3.14. The Balaban J connectivity index is 2.11. The summed E-state index contributed by atoms with van der Waals surface area (Å²) in [6.07, 6.45) is 1.61. The summed E-state index contributed by atoms with van der Waals surface area (Å²) < 4.78 is 27.1. The lowest BCUT2D eigenvalue weighted by atomic mass is 10.00. The molecule has 3 atom stereocenters. The SMILES string of the molecule is CCNC(Cc1c(F)cccc1F)C1CC1C. The van der Waals surface area contributed by atoms with E-state index in [1.54, 1.807) is 0 Å². The lowest BCUT2D eigenvalue weighted by molar-refractivity contribution is 0.435. The van der Waals surface area contributed by atoms with Crippen LogP contribution in [-0.2, 0) is 6.42 Å². The lowest BCUT2D eigenvalue weighted by Crippen LogP contribution is -2.34. The Morgan fingerprint density at radius 3 is 2.41 bits per heavy atom. The molecule has 3 heteroatoms. The van der Waals surface area contributed by atoms with Gasteiger partial charge in [-0.25, -0.2) is 8.78 Å². The Hall–Kier alpha value is -0.960. The van der Waals surface area contributed by atoms with Crippen LogP contribution in [-0.4, -0.2) is 12.6 Å². The van der Waals surface area contributed by atoms with E-state index in [2.05, 4.69) is 12.2 Å². The van der Waals surface area contributed by atoms with E-state index in [1.807, 2.05) is 6.92 Å². The predicted molar refractivity (Wildman–Crippen MR) is 64.8 cm³/mol. The summed E-state index contributed by atoms with van der Waals surface area (Å²) in [6, 6.07) is 4.27.